The maximum Gasteiger partial charge on any atom is 3.00 e. The zero-order valence-electron chi connectivity index (χ0n) is 5.83. The second-order valence-electron chi connectivity index (χ2n) is 1.68. The Balaban J connectivity index is -0.000000163. The van der Waals surface area contributed by atoms with Crippen molar-refractivity contribution in [2.75, 3.05) is 0 Å². The van der Waals surface area contributed by atoms with Crippen LogP contribution < -0.4 is 24.8 Å². The van der Waals surface area contributed by atoms with E-state index in [0.29, 0.717) is 0 Å². The van der Waals surface area contributed by atoms with Crippen molar-refractivity contribution in [3.05, 3.63) is 22.7 Å². The summed E-state index contributed by atoms with van der Waals surface area (Å²) in [6.45, 7) is 4.26. The standard InChI is InChI=1S/C6H8P.2ClH.Zr/c1-5-3-4-7-6(5)2;;;/h4,7H,1-2H3;2*1H;/q-1;;;+3/p-2. The molecule has 1 aromatic heterocycles. The van der Waals surface area contributed by atoms with Crippen molar-refractivity contribution in [3.8, 4) is 0 Å². The first kappa shape index (κ1) is 17.4. The number of halogens is 2. The van der Waals surface area contributed by atoms with Crippen molar-refractivity contribution in [2.24, 2.45) is 0 Å². The molecule has 4 heteroatoms. The average molecular weight is 273 g/mol. The van der Waals surface area contributed by atoms with E-state index in [1.807, 2.05) is 0 Å². The monoisotopic (exact) mass is 271 g/mol. The molecule has 0 bridgehead atoms. The molecule has 0 N–H and O–H groups in total. The molecular formula is C6H8Cl2PZr. The molecule has 0 aliphatic rings. The van der Waals surface area contributed by atoms with Crippen LogP contribution in [0.4, 0.5) is 0 Å². The third-order valence-corrected chi connectivity index (χ3v) is 2.24. The van der Waals surface area contributed by atoms with Gasteiger partial charge in [-0.25, -0.2) is 19.8 Å². The fourth-order valence-corrected chi connectivity index (χ4v) is 1.26. The van der Waals surface area contributed by atoms with Gasteiger partial charge in [0.1, 0.15) is 0 Å². The van der Waals surface area contributed by atoms with Gasteiger partial charge < -0.3 is 24.8 Å². The van der Waals surface area contributed by atoms with E-state index in [2.05, 4.69) is 25.7 Å². The first-order chi connectivity index (χ1) is 3.30. The van der Waals surface area contributed by atoms with Crippen LogP contribution in [-0.2, 0) is 26.2 Å². The van der Waals surface area contributed by atoms with Crippen molar-refractivity contribution in [2.45, 2.75) is 13.8 Å². The summed E-state index contributed by atoms with van der Waals surface area (Å²) in [4.78, 5) is 0. The first-order valence-electron chi connectivity index (χ1n) is 2.33. The molecule has 0 amide bonds. The van der Waals surface area contributed by atoms with Gasteiger partial charge in [0.05, 0.1) is 0 Å². The van der Waals surface area contributed by atoms with Crippen LogP contribution in [0.1, 0.15) is 10.9 Å². The largest absolute Gasteiger partial charge is 3.00 e. The maximum atomic E-state index is 3.14. The predicted octanol–water partition coefficient (Wildman–Crippen LogP) is -3.86. The van der Waals surface area contributed by atoms with Gasteiger partial charge in [-0.15, -0.1) is 6.92 Å². The zero-order chi connectivity index (χ0) is 5.28. The van der Waals surface area contributed by atoms with Crippen LogP contribution in [0.3, 0.4) is 0 Å². The minimum atomic E-state index is 0. The van der Waals surface area contributed by atoms with Crippen LogP contribution >= 0.6 is 8.19 Å². The van der Waals surface area contributed by atoms with Gasteiger partial charge in [0.2, 0.25) is 0 Å². The number of hydrogen-bond donors (Lipinski definition) is 0. The number of rotatable bonds is 0. The normalized spacial score (nSPS) is 7.40. The van der Waals surface area contributed by atoms with E-state index in [0.717, 1.165) is 8.19 Å². The quantitative estimate of drug-likeness (QED) is 0.425. The third kappa shape index (κ3) is 4.97. The third-order valence-electron chi connectivity index (χ3n) is 1.14. The molecule has 0 saturated heterocycles. The molecule has 0 nitrogen and oxygen atoms in total. The van der Waals surface area contributed by atoms with Crippen molar-refractivity contribution in [1.29, 1.82) is 0 Å². The summed E-state index contributed by atoms with van der Waals surface area (Å²) in [6.07, 6.45) is 0. The number of hydrogen-bond acceptors (Lipinski definition) is 0. The molecule has 1 heterocycles. The van der Waals surface area contributed by atoms with Crippen molar-refractivity contribution >= 4 is 8.19 Å². The van der Waals surface area contributed by atoms with Gasteiger partial charge in [0, 0.05) is 0 Å². The Labute approximate surface area is 95.2 Å². The Morgan fingerprint density at radius 3 is 1.90 bits per heavy atom. The predicted molar refractivity (Wildman–Crippen MR) is 34.3 cm³/mol. The SMILES string of the molecule is Cc1[c-]c[pH]c1C.[Cl-].[Cl-].[Zr+3]. The van der Waals surface area contributed by atoms with E-state index >= 15 is 0 Å². The van der Waals surface area contributed by atoms with Gasteiger partial charge in [-0.2, -0.15) is 11.1 Å². The van der Waals surface area contributed by atoms with E-state index in [1.165, 1.54) is 10.9 Å². The molecule has 0 spiro atoms. The molecule has 1 unspecified atom stereocenters. The van der Waals surface area contributed by atoms with Crippen molar-refractivity contribution in [3.63, 3.8) is 0 Å². The summed E-state index contributed by atoms with van der Waals surface area (Å²) < 4.78 is 0. The van der Waals surface area contributed by atoms with E-state index in [9.17, 15) is 0 Å². The molecule has 1 atom stereocenters. The number of aryl methyl sites for hydroxylation is 2. The molecule has 0 fully saturated rings. The molecule has 0 saturated carbocycles. The van der Waals surface area contributed by atoms with Gasteiger partial charge in [0.25, 0.3) is 0 Å². The van der Waals surface area contributed by atoms with Crippen LogP contribution in [0.25, 0.3) is 0 Å². The van der Waals surface area contributed by atoms with Crippen molar-refractivity contribution < 1.29 is 51.0 Å². The molecule has 1 rings (SSSR count). The summed E-state index contributed by atoms with van der Waals surface area (Å²) >= 11 is 0. The van der Waals surface area contributed by atoms with Crippen molar-refractivity contribution in [1.82, 2.24) is 0 Å². The van der Waals surface area contributed by atoms with Gasteiger partial charge in [-0.05, 0) is 0 Å². The second kappa shape index (κ2) is 8.34. The van der Waals surface area contributed by atoms with Gasteiger partial charge in [0.15, 0.2) is 0 Å². The van der Waals surface area contributed by atoms with Crippen LogP contribution in [0.5, 0.6) is 0 Å². The Hall–Kier alpha value is 1.24. The topological polar surface area (TPSA) is 0 Å². The van der Waals surface area contributed by atoms with Crippen LogP contribution in [-0.4, -0.2) is 0 Å². The molecule has 0 aromatic carbocycles. The summed E-state index contributed by atoms with van der Waals surface area (Å²) in [6, 6.07) is 3.14. The average Bonchev–Trinajstić information content (AvgIpc) is 1.91. The fraction of sp³-hybridized carbons (Fsp3) is 0.333. The summed E-state index contributed by atoms with van der Waals surface area (Å²) in [7, 11) is 0.906. The maximum absolute atomic E-state index is 3.14. The molecule has 0 aliphatic carbocycles. The van der Waals surface area contributed by atoms with E-state index in [4.69, 9.17) is 0 Å². The Morgan fingerprint density at radius 2 is 1.80 bits per heavy atom. The Kier molecular flexibility index (Phi) is 14.5. The molecule has 1 aromatic rings. The van der Waals surface area contributed by atoms with E-state index in [-0.39, 0.29) is 51.0 Å². The summed E-state index contributed by atoms with van der Waals surface area (Å²) in [5.74, 6) is 2.10. The molecule has 0 aliphatic heterocycles. The Bertz CT molecular complexity index is 148. The minimum Gasteiger partial charge on any atom is -1.00 e. The fourth-order valence-electron chi connectivity index (χ4n) is 0.469. The minimum absolute atomic E-state index is 0. The zero-order valence-corrected chi connectivity index (χ0v) is 10.8. The van der Waals surface area contributed by atoms with E-state index in [1.54, 1.807) is 0 Å². The molecule has 1 radical (unpaired) electrons. The summed E-state index contributed by atoms with van der Waals surface area (Å²) in [5.41, 5.74) is 1.33. The Morgan fingerprint density at radius 1 is 1.30 bits per heavy atom. The molecular weight excluding hydrogens is 265 g/mol. The second-order valence-corrected chi connectivity index (χ2v) is 3.01. The molecule has 10 heavy (non-hydrogen) atoms. The first-order valence-corrected chi connectivity index (χ1v) is 3.40. The molecule has 55 valence electrons. The smallest absolute Gasteiger partial charge is 1.00 e. The summed E-state index contributed by atoms with van der Waals surface area (Å²) in [5, 5.41) is 1.49. The van der Waals surface area contributed by atoms with E-state index < -0.39 is 0 Å². The van der Waals surface area contributed by atoms with Crippen LogP contribution in [0, 0.1) is 19.9 Å². The van der Waals surface area contributed by atoms with Gasteiger partial charge >= 0.3 is 26.2 Å². The van der Waals surface area contributed by atoms with Crippen LogP contribution in [0.2, 0.25) is 0 Å². The van der Waals surface area contributed by atoms with Gasteiger partial charge in [-0.3, -0.25) is 0 Å². The van der Waals surface area contributed by atoms with Gasteiger partial charge in [-0.1, -0.05) is 6.92 Å². The van der Waals surface area contributed by atoms with Crippen LogP contribution in [0.15, 0.2) is 5.80 Å².